The van der Waals surface area contributed by atoms with Gasteiger partial charge in [-0.15, -0.1) is 6.58 Å². The van der Waals surface area contributed by atoms with Crippen LogP contribution < -0.4 is 4.72 Å². The monoisotopic (exact) mass is 353 g/mol. The molecule has 1 rings (SSSR count). The van der Waals surface area contributed by atoms with Gasteiger partial charge in [0.05, 0.1) is 11.5 Å². The molecule has 0 aliphatic rings. The van der Waals surface area contributed by atoms with Gasteiger partial charge in [0.15, 0.2) is 0 Å². The van der Waals surface area contributed by atoms with E-state index in [1.54, 1.807) is 30.8 Å². The van der Waals surface area contributed by atoms with Crippen LogP contribution in [0.4, 0.5) is 0 Å². The number of aromatic nitrogens is 1. The van der Waals surface area contributed by atoms with E-state index in [1.165, 1.54) is 13.1 Å². The first-order valence-corrected chi connectivity index (χ1v) is 9.31. The van der Waals surface area contributed by atoms with Crippen molar-refractivity contribution in [2.45, 2.75) is 31.7 Å². The summed E-state index contributed by atoms with van der Waals surface area (Å²) >= 11 is 0. The molecule has 0 fully saturated rings. The summed E-state index contributed by atoms with van der Waals surface area (Å²) in [6.07, 6.45) is 4.84. The zero-order valence-corrected chi connectivity index (χ0v) is 15.9. The second-order valence-electron chi connectivity index (χ2n) is 5.62. The van der Waals surface area contributed by atoms with Crippen molar-refractivity contribution >= 4 is 22.0 Å². The van der Waals surface area contributed by atoms with Gasteiger partial charge in [0.2, 0.25) is 0 Å². The third-order valence-corrected chi connectivity index (χ3v) is 5.71. The van der Waals surface area contributed by atoms with E-state index in [2.05, 4.69) is 22.2 Å². The molecular weight excluding hydrogens is 326 g/mol. The molecule has 1 aromatic heterocycles. The molecule has 0 aromatic carbocycles. The molecule has 0 aliphatic heterocycles. The van der Waals surface area contributed by atoms with Gasteiger partial charge in [-0.1, -0.05) is 32.6 Å². The quantitative estimate of drug-likeness (QED) is 0.577. The molecule has 1 N–H and O–H groups in total. The lowest BCUT2D eigenvalue weighted by Crippen LogP contribution is -2.36. The van der Waals surface area contributed by atoms with Crippen LogP contribution in [0.3, 0.4) is 0 Å². The van der Waals surface area contributed by atoms with Crippen LogP contribution in [0.15, 0.2) is 34.7 Å². The van der Waals surface area contributed by atoms with E-state index in [4.69, 9.17) is 4.74 Å². The van der Waals surface area contributed by atoms with Crippen molar-refractivity contribution in [3.8, 4) is 0 Å². The first-order chi connectivity index (χ1) is 11.2. The maximum absolute atomic E-state index is 13.4. The van der Waals surface area contributed by atoms with Gasteiger partial charge in [0.25, 0.3) is 0 Å². The fourth-order valence-electron chi connectivity index (χ4n) is 2.34. The van der Waals surface area contributed by atoms with Gasteiger partial charge in [-0.3, -0.25) is 0 Å². The molecule has 2 atom stereocenters. The summed E-state index contributed by atoms with van der Waals surface area (Å²) in [7, 11) is 0.235. The highest BCUT2D eigenvalue weighted by molar-refractivity contribution is 7.91. The summed E-state index contributed by atoms with van der Waals surface area (Å²) in [4.78, 5) is 12.6. The SMILES string of the molecule is C=Cc1c(S(=O)(=NC)NC(C=C)C(C)C)cn(C)c1C(=O)OCC. The summed E-state index contributed by atoms with van der Waals surface area (Å²) in [6.45, 7) is 13.5. The van der Waals surface area contributed by atoms with Crippen molar-refractivity contribution in [3.05, 3.63) is 36.7 Å². The number of carbonyl (C=O) groups is 1. The smallest absolute Gasteiger partial charge is 0.355 e. The number of carbonyl (C=O) groups excluding carboxylic acids is 1. The Morgan fingerprint density at radius 3 is 2.54 bits per heavy atom. The molecule has 0 spiro atoms. The Balaban J connectivity index is 3.51. The number of rotatable bonds is 8. The zero-order valence-electron chi connectivity index (χ0n) is 15.0. The summed E-state index contributed by atoms with van der Waals surface area (Å²) < 4.78 is 27.2. The fraction of sp³-hybridized carbons (Fsp3) is 0.471. The average Bonchev–Trinajstić information content (AvgIpc) is 2.89. The normalized spacial score (nSPS) is 14.8. The molecular formula is C17H27N3O3S. The predicted octanol–water partition coefficient (Wildman–Crippen LogP) is 3.02. The number of nitrogens with one attached hydrogen (secondary N) is 1. The van der Waals surface area contributed by atoms with Gasteiger partial charge in [-0.2, -0.15) is 0 Å². The Hall–Kier alpha value is -1.86. The van der Waals surface area contributed by atoms with E-state index >= 15 is 0 Å². The molecule has 0 aliphatic carbocycles. The third-order valence-electron chi connectivity index (χ3n) is 3.68. The molecule has 7 heteroatoms. The van der Waals surface area contributed by atoms with Crippen LogP contribution in [0, 0.1) is 5.92 Å². The minimum atomic E-state index is -2.95. The maximum atomic E-state index is 13.4. The Kier molecular flexibility index (Phi) is 6.98. The Morgan fingerprint density at radius 2 is 2.12 bits per heavy atom. The molecule has 1 aromatic rings. The van der Waals surface area contributed by atoms with Crippen LogP contribution in [-0.4, -0.2) is 34.4 Å². The molecule has 0 saturated carbocycles. The van der Waals surface area contributed by atoms with Gasteiger partial charge in [0.1, 0.15) is 15.6 Å². The molecule has 24 heavy (non-hydrogen) atoms. The number of ether oxygens (including phenoxy) is 1. The van der Waals surface area contributed by atoms with E-state index in [0.717, 1.165) is 0 Å². The highest BCUT2D eigenvalue weighted by atomic mass is 32.2. The first kappa shape index (κ1) is 20.2. The highest BCUT2D eigenvalue weighted by Gasteiger charge is 2.27. The van der Waals surface area contributed by atoms with Gasteiger partial charge < -0.3 is 9.30 Å². The molecule has 0 amide bonds. The highest BCUT2D eigenvalue weighted by Crippen LogP contribution is 2.26. The van der Waals surface area contributed by atoms with E-state index in [-0.39, 0.29) is 18.6 Å². The average molecular weight is 353 g/mol. The topological polar surface area (TPSA) is 72.7 Å². The van der Waals surface area contributed by atoms with Crippen LogP contribution in [0.5, 0.6) is 0 Å². The minimum absolute atomic E-state index is 0.186. The lowest BCUT2D eigenvalue weighted by atomic mass is 10.1. The summed E-state index contributed by atoms with van der Waals surface area (Å²) in [6, 6.07) is -0.190. The van der Waals surface area contributed by atoms with E-state index in [1.807, 2.05) is 13.8 Å². The molecule has 2 unspecified atom stereocenters. The van der Waals surface area contributed by atoms with Crippen LogP contribution >= 0.6 is 0 Å². The van der Waals surface area contributed by atoms with Crippen LogP contribution in [-0.2, 0) is 21.7 Å². The fourth-order valence-corrected chi connectivity index (χ4v) is 4.29. The number of nitrogens with zero attached hydrogens (tertiary/aromatic N) is 2. The van der Waals surface area contributed by atoms with Crippen molar-refractivity contribution in [2.75, 3.05) is 13.7 Å². The Bertz CT molecular complexity index is 741. The number of hydrogen-bond acceptors (Lipinski definition) is 4. The van der Waals surface area contributed by atoms with Crippen molar-refractivity contribution in [1.29, 1.82) is 0 Å². The van der Waals surface area contributed by atoms with Gasteiger partial charge in [-0.25, -0.2) is 18.1 Å². The number of esters is 1. The van der Waals surface area contributed by atoms with E-state index in [0.29, 0.717) is 16.2 Å². The van der Waals surface area contributed by atoms with Gasteiger partial charge in [-0.05, 0) is 12.8 Å². The van der Waals surface area contributed by atoms with E-state index in [9.17, 15) is 9.00 Å². The molecule has 134 valence electrons. The van der Waals surface area contributed by atoms with Crippen LogP contribution in [0.25, 0.3) is 6.08 Å². The molecule has 0 bridgehead atoms. The Morgan fingerprint density at radius 1 is 1.50 bits per heavy atom. The minimum Gasteiger partial charge on any atom is -0.461 e. The van der Waals surface area contributed by atoms with Crippen molar-refractivity contribution < 1.29 is 13.7 Å². The molecule has 1 heterocycles. The zero-order chi connectivity index (χ0) is 18.5. The van der Waals surface area contributed by atoms with Gasteiger partial charge >= 0.3 is 5.97 Å². The first-order valence-electron chi connectivity index (χ1n) is 7.79. The molecule has 0 saturated heterocycles. The maximum Gasteiger partial charge on any atom is 0.355 e. The Labute approximate surface area is 144 Å². The van der Waals surface area contributed by atoms with E-state index < -0.39 is 15.9 Å². The second kappa shape index (κ2) is 8.30. The summed E-state index contributed by atoms with van der Waals surface area (Å²) in [5.41, 5.74) is 0.769. The number of aryl methyl sites for hydroxylation is 1. The van der Waals surface area contributed by atoms with Crippen molar-refractivity contribution in [3.63, 3.8) is 0 Å². The van der Waals surface area contributed by atoms with Crippen molar-refractivity contribution in [1.82, 2.24) is 9.29 Å². The van der Waals surface area contributed by atoms with Gasteiger partial charge in [0, 0.05) is 31.9 Å². The molecule has 0 radical (unpaired) electrons. The summed E-state index contributed by atoms with van der Waals surface area (Å²) in [5.74, 6) is -0.298. The van der Waals surface area contributed by atoms with Crippen LogP contribution in [0.2, 0.25) is 0 Å². The number of hydrogen-bond donors (Lipinski definition) is 1. The van der Waals surface area contributed by atoms with Crippen molar-refractivity contribution in [2.24, 2.45) is 17.3 Å². The predicted molar refractivity (Wildman–Crippen MR) is 98.2 cm³/mol. The third kappa shape index (κ3) is 3.96. The largest absolute Gasteiger partial charge is 0.461 e. The standard InChI is InChI=1S/C17H27N3O3S/c1-8-13-15(11-20(7)16(13)17(21)23-10-3)24(22,18-6)19-14(9-2)12(4)5/h8-9,11-12,14H,1-2,10H2,3-7H3,(H,18,19,22). The lowest BCUT2D eigenvalue weighted by molar-refractivity contribution is 0.0515. The molecule has 6 nitrogen and oxygen atoms in total. The van der Waals surface area contributed by atoms with Crippen LogP contribution in [0.1, 0.15) is 36.8 Å². The summed E-state index contributed by atoms with van der Waals surface area (Å²) in [5, 5.41) is 0. The second-order valence-corrected chi connectivity index (χ2v) is 7.72. The lowest BCUT2D eigenvalue weighted by Gasteiger charge is -2.21.